The molecule has 0 bridgehead atoms. The normalized spacial score (nSPS) is 10.1. The van der Waals surface area contributed by atoms with Crippen LogP contribution in [0.15, 0.2) is 24.3 Å². The molecule has 2 rings (SSSR count). The molecular weight excluding hydrogens is 269 g/mol. The number of amides is 1. The van der Waals surface area contributed by atoms with Crippen molar-refractivity contribution < 1.29 is 23.8 Å². The monoisotopic (exact) mass is 279 g/mol. The summed E-state index contributed by atoms with van der Waals surface area (Å²) in [6.45, 7) is 0. The minimum absolute atomic E-state index is 0.0127. The number of rotatable bonds is 4. The van der Waals surface area contributed by atoms with Crippen LogP contribution in [-0.4, -0.2) is 34.3 Å². The molecule has 20 heavy (non-hydrogen) atoms. The van der Waals surface area contributed by atoms with Crippen LogP contribution in [0, 0.1) is 5.82 Å². The number of methoxy groups -OCH3 is 1. The summed E-state index contributed by atoms with van der Waals surface area (Å²) in [6.07, 6.45) is 0. The average Bonchev–Trinajstić information content (AvgIpc) is 2.87. The van der Waals surface area contributed by atoms with Crippen molar-refractivity contribution in [2.24, 2.45) is 0 Å². The predicted molar refractivity (Wildman–Crippen MR) is 66.5 cm³/mol. The van der Waals surface area contributed by atoms with Crippen molar-refractivity contribution >= 4 is 17.7 Å². The molecule has 0 unspecified atom stereocenters. The molecule has 1 aromatic carbocycles. The molecule has 0 radical (unpaired) electrons. The van der Waals surface area contributed by atoms with Crippen LogP contribution in [0.25, 0.3) is 0 Å². The first-order chi connectivity index (χ1) is 9.51. The molecule has 0 aliphatic heterocycles. The average molecular weight is 279 g/mol. The number of H-pyrrole nitrogens is 1. The predicted octanol–water partition coefficient (Wildman–Crippen LogP) is 1.51. The van der Waals surface area contributed by atoms with Gasteiger partial charge in [-0.05, 0) is 18.2 Å². The number of carboxylic acid groups (broad SMARTS) is 1. The van der Waals surface area contributed by atoms with Crippen molar-refractivity contribution in [1.82, 2.24) is 10.2 Å². The number of carbonyl (C=O) groups is 2. The fraction of sp³-hybridized carbons (Fsp3) is 0.0833. The Morgan fingerprint density at radius 2 is 2.15 bits per heavy atom. The lowest BCUT2D eigenvalue weighted by Crippen LogP contribution is -2.13. The second kappa shape index (κ2) is 5.39. The van der Waals surface area contributed by atoms with E-state index < -0.39 is 17.7 Å². The molecule has 0 atom stereocenters. The Balaban J connectivity index is 2.23. The highest BCUT2D eigenvalue weighted by atomic mass is 19.1. The Labute approximate surface area is 112 Å². The molecule has 104 valence electrons. The summed E-state index contributed by atoms with van der Waals surface area (Å²) in [5.74, 6) is -2.26. The van der Waals surface area contributed by atoms with E-state index in [0.29, 0.717) is 0 Å². The zero-order valence-corrected chi connectivity index (χ0v) is 10.3. The van der Waals surface area contributed by atoms with E-state index in [-0.39, 0.29) is 22.8 Å². The number of anilines is 1. The third-order valence-corrected chi connectivity index (χ3v) is 2.46. The van der Waals surface area contributed by atoms with Gasteiger partial charge < -0.3 is 15.2 Å². The molecule has 1 amide bonds. The number of aromatic amines is 1. The maximum Gasteiger partial charge on any atom is 0.353 e. The lowest BCUT2D eigenvalue weighted by Gasteiger charge is -2.07. The number of hydrogen-bond donors (Lipinski definition) is 3. The summed E-state index contributed by atoms with van der Waals surface area (Å²) in [5.41, 5.74) is -0.195. The molecule has 0 aliphatic rings. The van der Waals surface area contributed by atoms with Crippen molar-refractivity contribution in [1.29, 1.82) is 0 Å². The molecule has 0 spiro atoms. The number of hydrogen-bond acceptors (Lipinski definition) is 4. The topological polar surface area (TPSA) is 104 Å². The number of nitrogens with one attached hydrogen (secondary N) is 2. The number of benzene rings is 1. The van der Waals surface area contributed by atoms with Crippen LogP contribution >= 0.6 is 0 Å². The molecule has 1 heterocycles. The third kappa shape index (κ3) is 2.74. The molecule has 0 saturated carbocycles. The minimum Gasteiger partial charge on any atom is -0.496 e. The second-order valence-electron chi connectivity index (χ2n) is 3.77. The van der Waals surface area contributed by atoms with Crippen LogP contribution < -0.4 is 10.1 Å². The van der Waals surface area contributed by atoms with Gasteiger partial charge in [0, 0.05) is 6.07 Å². The van der Waals surface area contributed by atoms with Crippen LogP contribution in [0.3, 0.4) is 0 Å². The molecule has 2 aromatic rings. The van der Waals surface area contributed by atoms with Gasteiger partial charge >= 0.3 is 5.97 Å². The standard InChI is InChI=1S/C12H10FN3O4/c1-20-9-3-2-6(13)4-7(9)11(17)14-10-5-8(12(18)19)15-16-10/h2-5H,1H3,(H,18,19)(H2,14,15,16,17). The number of ether oxygens (including phenoxy) is 1. The summed E-state index contributed by atoms with van der Waals surface area (Å²) in [5, 5.41) is 16.9. The van der Waals surface area contributed by atoms with Crippen molar-refractivity contribution in [2.45, 2.75) is 0 Å². The molecule has 1 aromatic heterocycles. The number of aromatic carboxylic acids is 1. The molecule has 8 heteroatoms. The van der Waals surface area contributed by atoms with E-state index in [2.05, 4.69) is 15.5 Å². The largest absolute Gasteiger partial charge is 0.496 e. The Bertz CT molecular complexity index is 668. The summed E-state index contributed by atoms with van der Waals surface area (Å²) in [4.78, 5) is 22.6. The quantitative estimate of drug-likeness (QED) is 0.786. The first kappa shape index (κ1) is 13.5. The third-order valence-electron chi connectivity index (χ3n) is 2.46. The fourth-order valence-corrected chi connectivity index (χ4v) is 1.54. The Morgan fingerprint density at radius 3 is 2.75 bits per heavy atom. The van der Waals surface area contributed by atoms with Gasteiger partial charge in [-0.25, -0.2) is 9.18 Å². The summed E-state index contributed by atoms with van der Waals surface area (Å²) in [7, 11) is 1.35. The van der Waals surface area contributed by atoms with E-state index in [1.807, 2.05) is 0 Å². The smallest absolute Gasteiger partial charge is 0.353 e. The SMILES string of the molecule is COc1ccc(F)cc1C(=O)Nc1cc(C(=O)O)[nH]n1. The van der Waals surface area contributed by atoms with Crippen LogP contribution in [0.2, 0.25) is 0 Å². The van der Waals surface area contributed by atoms with Gasteiger partial charge in [0.2, 0.25) is 0 Å². The first-order valence-corrected chi connectivity index (χ1v) is 5.45. The highest BCUT2D eigenvalue weighted by Crippen LogP contribution is 2.20. The zero-order chi connectivity index (χ0) is 14.7. The zero-order valence-electron chi connectivity index (χ0n) is 10.3. The lowest BCUT2D eigenvalue weighted by molar-refractivity contribution is 0.0690. The van der Waals surface area contributed by atoms with Gasteiger partial charge in [0.15, 0.2) is 5.82 Å². The maximum atomic E-state index is 13.2. The molecular formula is C12H10FN3O4. The van der Waals surface area contributed by atoms with E-state index in [4.69, 9.17) is 9.84 Å². The lowest BCUT2D eigenvalue weighted by atomic mass is 10.2. The fourth-order valence-electron chi connectivity index (χ4n) is 1.54. The molecule has 0 saturated heterocycles. The number of nitrogens with zero attached hydrogens (tertiary/aromatic N) is 1. The van der Waals surface area contributed by atoms with Crippen molar-refractivity contribution in [3.8, 4) is 5.75 Å². The van der Waals surface area contributed by atoms with Gasteiger partial charge in [0.1, 0.15) is 17.3 Å². The van der Waals surface area contributed by atoms with E-state index in [1.54, 1.807) is 0 Å². The van der Waals surface area contributed by atoms with Gasteiger partial charge in [-0.15, -0.1) is 0 Å². The second-order valence-corrected chi connectivity index (χ2v) is 3.77. The van der Waals surface area contributed by atoms with E-state index >= 15 is 0 Å². The van der Waals surface area contributed by atoms with Crippen LogP contribution in [0.1, 0.15) is 20.8 Å². The molecule has 3 N–H and O–H groups in total. The summed E-state index contributed by atoms with van der Waals surface area (Å²) in [6, 6.07) is 4.63. The minimum atomic E-state index is -1.21. The van der Waals surface area contributed by atoms with Gasteiger partial charge in [0.05, 0.1) is 12.7 Å². The molecule has 0 fully saturated rings. The molecule has 7 nitrogen and oxygen atoms in total. The van der Waals surface area contributed by atoms with Gasteiger partial charge in [0.25, 0.3) is 5.91 Å². The molecule has 0 aliphatic carbocycles. The number of carbonyl (C=O) groups excluding carboxylic acids is 1. The van der Waals surface area contributed by atoms with Crippen molar-refractivity contribution in [2.75, 3.05) is 12.4 Å². The summed E-state index contributed by atoms with van der Waals surface area (Å²) >= 11 is 0. The van der Waals surface area contributed by atoms with Crippen LogP contribution in [-0.2, 0) is 0 Å². The van der Waals surface area contributed by atoms with Gasteiger partial charge in [-0.2, -0.15) is 5.10 Å². The van der Waals surface area contributed by atoms with Crippen LogP contribution in [0.4, 0.5) is 10.2 Å². The number of carboxylic acids is 1. The Kier molecular flexibility index (Phi) is 3.65. The Hall–Kier alpha value is -2.90. The highest BCUT2D eigenvalue weighted by Gasteiger charge is 2.16. The van der Waals surface area contributed by atoms with Crippen molar-refractivity contribution in [3.05, 3.63) is 41.3 Å². The summed E-state index contributed by atoms with van der Waals surface area (Å²) < 4.78 is 18.1. The van der Waals surface area contributed by atoms with Crippen molar-refractivity contribution in [3.63, 3.8) is 0 Å². The number of aromatic nitrogens is 2. The maximum absolute atomic E-state index is 13.2. The first-order valence-electron chi connectivity index (χ1n) is 5.45. The van der Waals surface area contributed by atoms with E-state index in [9.17, 15) is 14.0 Å². The number of halogens is 1. The highest BCUT2D eigenvalue weighted by molar-refractivity contribution is 6.06. The van der Waals surface area contributed by atoms with E-state index in [0.717, 1.165) is 18.2 Å². The van der Waals surface area contributed by atoms with E-state index in [1.165, 1.54) is 13.2 Å². The Morgan fingerprint density at radius 1 is 1.40 bits per heavy atom. The van der Waals surface area contributed by atoms with Gasteiger partial charge in [-0.3, -0.25) is 9.89 Å². The van der Waals surface area contributed by atoms with Gasteiger partial charge in [-0.1, -0.05) is 0 Å². The van der Waals surface area contributed by atoms with Crippen LogP contribution in [0.5, 0.6) is 5.75 Å².